The van der Waals surface area contributed by atoms with Gasteiger partial charge in [-0.2, -0.15) is 0 Å². The van der Waals surface area contributed by atoms with E-state index in [1.165, 1.54) is 29.7 Å². The molecule has 5 nitrogen and oxygen atoms in total. The van der Waals surface area contributed by atoms with E-state index in [2.05, 4.69) is 33.1 Å². The Morgan fingerprint density at radius 2 is 1.88 bits per heavy atom. The zero-order valence-corrected chi connectivity index (χ0v) is 16.9. The summed E-state index contributed by atoms with van der Waals surface area (Å²) < 4.78 is 0. The summed E-state index contributed by atoms with van der Waals surface area (Å²) in [5, 5.41) is 6.89. The van der Waals surface area contributed by atoms with Crippen LogP contribution in [0.25, 0.3) is 5.57 Å². The number of hydrogen-bond acceptors (Lipinski definition) is 4. The van der Waals surface area contributed by atoms with Crippen molar-refractivity contribution in [2.24, 2.45) is 16.9 Å². The predicted molar refractivity (Wildman–Crippen MR) is 110 cm³/mol. The summed E-state index contributed by atoms with van der Waals surface area (Å²) in [4.78, 5) is 19.8. The summed E-state index contributed by atoms with van der Waals surface area (Å²) >= 11 is 1.92. The van der Waals surface area contributed by atoms with Crippen molar-refractivity contribution in [1.82, 2.24) is 0 Å². The molecular formula is C20H30N2O3S. The van der Waals surface area contributed by atoms with Gasteiger partial charge in [-0.25, -0.2) is 0 Å². The summed E-state index contributed by atoms with van der Waals surface area (Å²) in [5.74, 6) is 0. The number of primary amides is 1. The first kappa shape index (κ1) is 23.7. The molecule has 0 saturated carbocycles. The summed E-state index contributed by atoms with van der Waals surface area (Å²) in [7, 11) is 0. The molecule has 5 N–H and O–H groups in total. The minimum Gasteiger partial charge on any atom is -0.483 e. The Kier molecular flexibility index (Phi) is 10.3. The van der Waals surface area contributed by atoms with Gasteiger partial charge in [-0.05, 0) is 49.7 Å². The van der Waals surface area contributed by atoms with Crippen molar-refractivity contribution in [2.45, 2.75) is 47.0 Å². The van der Waals surface area contributed by atoms with Crippen molar-refractivity contribution in [2.75, 3.05) is 0 Å². The fourth-order valence-corrected chi connectivity index (χ4v) is 4.26. The number of hydrogen-bond donors (Lipinski definition) is 3. The second-order valence-corrected chi connectivity index (χ2v) is 7.71. The number of nitrogens with two attached hydrogens (primary N) is 2. The number of carbonyl (C=O) groups is 2. The lowest BCUT2D eigenvalue weighted by Gasteiger charge is -2.29. The van der Waals surface area contributed by atoms with E-state index in [4.69, 9.17) is 20.4 Å². The molecule has 1 heterocycles. The van der Waals surface area contributed by atoms with Crippen LogP contribution < -0.4 is 11.5 Å². The largest absolute Gasteiger partial charge is 0.483 e. The average molecular weight is 379 g/mol. The number of amides is 1. The van der Waals surface area contributed by atoms with Crippen molar-refractivity contribution in [3.05, 3.63) is 51.4 Å². The fraction of sp³-hybridized carbons (Fsp3) is 0.400. The van der Waals surface area contributed by atoms with Crippen molar-refractivity contribution in [3.8, 4) is 0 Å². The molecule has 0 unspecified atom stereocenters. The molecule has 1 aliphatic rings. The van der Waals surface area contributed by atoms with Crippen molar-refractivity contribution in [3.63, 3.8) is 0 Å². The van der Waals surface area contributed by atoms with Crippen LogP contribution >= 0.6 is 11.3 Å². The molecule has 144 valence electrons. The third kappa shape index (κ3) is 6.52. The topological polar surface area (TPSA) is 106 Å². The van der Waals surface area contributed by atoms with Crippen LogP contribution in [0.5, 0.6) is 0 Å². The molecule has 0 radical (unpaired) electrons. The van der Waals surface area contributed by atoms with Crippen LogP contribution in [0.15, 0.2) is 30.5 Å². The van der Waals surface area contributed by atoms with E-state index in [0.29, 0.717) is 5.41 Å². The molecule has 0 saturated heterocycles. The normalized spacial score (nSPS) is 15.4. The second-order valence-electron chi connectivity index (χ2n) is 6.60. The monoisotopic (exact) mass is 378 g/mol. The first-order valence-corrected chi connectivity index (χ1v) is 9.14. The molecule has 1 aromatic rings. The number of thiophene rings is 1. The first-order valence-electron chi connectivity index (χ1n) is 8.32. The zero-order valence-electron chi connectivity index (χ0n) is 16.0. The molecule has 1 aliphatic carbocycles. The number of carbonyl (C=O) groups excluding carboxylic acids is 1. The SMILES string of the molecule is C=C/C=C(\C(N)=C/C)c1sc2c(c1C)CC(C)(C)CC2.NC=O.O=CO. The van der Waals surface area contributed by atoms with E-state index in [-0.39, 0.29) is 12.9 Å². The van der Waals surface area contributed by atoms with Gasteiger partial charge in [0.15, 0.2) is 0 Å². The molecule has 0 spiro atoms. The number of carboxylic acid groups (broad SMARTS) is 1. The third-order valence-electron chi connectivity index (χ3n) is 4.19. The Morgan fingerprint density at radius 1 is 1.35 bits per heavy atom. The molecule has 0 atom stereocenters. The minimum atomic E-state index is -0.250. The van der Waals surface area contributed by atoms with Gasteiger partial charge in [-0.3, -0.25) is 9.59 Å². The van der Waals surface area contributed by atoms with Gasteiger partial charge >= 0.3 is 0 Å². The molecule has 6 heteroatoms. The van der Waals surface area contributed by atoms with Gasteiger partial charge in [0.05, 0.1) is 0 Å². The standard InChI is InChI=1S/C18H25NS.CH3NO.CH2O2/c1-6-8-13(15(19)7-2)17-12(3)14-11-18(4,5)10-9-16(14)20-17;2*2-1-3/h6-8H,1,9-11,19H2,2-5H3;1H,(H2,2,3);1H,(H,2,3)/b13-8+,15-7+;;. The van der Waals surface area contributed by atoms with Gasteiger partial charge in [-0.1, -0.05) is 38.7 Å². The van der Waals surface area contributed by atoms with Gasteiger partial charge in [0.25, 0.3) is 6.47 Å². The van der Waals surface area contributed by atoms with E-state index in [1.807, 2.05) is 36.5 Å². The maximum atomic E-state index is 8.58. The Labute approximate surface area is 160 Å². The van der Waals surface area contributed by atoms with Crippen LogP contribution in [0.2, 0.25) is 0 Å². The van der Waals surface area contributed by atoms with Crippen LogP contribution in [0.1, 0.15) is 48.1 Å². The van der Waals surface area contributed by atoms with Crippen molar-refractivity contribution in [1.29, 1.82) is 0 Å². The van der Waals surface area contributed by atoms with E-state index in [9.17, 15) is 0 Å². The Hall–Kier alpha value is -2.34. The van der Waals surface area contributed by atoms with E-state index < -0.39 is 0 Å². The molecule has 1 amide bonds. The zero-order chi connectivity index (χ0) is 20.3. The highest BCUT2D eigenvalue weighted by Gasteiger charge is 2.29. The van der Waals surface area contributed by atoms with Crippen LogP contribution in [0, 0.1) is 12.3 Å². The van der Waals surface area contributed by atoms with E-state index in [0.717, 1.165) is 11.3 Å². The number of aryl methyl sites for hydroxylation is 1. The Bertz CT molecular complexity index is 679. The van der Waals surface area contributed by atoms with Crippen molar-refractivity contribution < 1.29 is 14.7 Å². The molecular weight excluding hydrogens is 348 g/mol. The summed E-state index contributed by atoms with van der Waals surface area (Å²) in [5.41, 5.74) is 15.7. The lowest BCUT2D eigenvalue weighted by atomic mass is 9.76. The molecule has 0 aromatic carbocycles. The highest BCUT2D eigenvalue weighted by molar-refractivity contribution is 7.13. The number of rotatable bonds is 3. The van der Waals surface area contributed by atoms with Crippen LogP contribution in [-0.4, -0.2) is 18.0 Å². The predicted octanol–water partition coefficient (Wildman–Crippen LogP) is 3.81. The lowest BCUT2D eigenvalue weighted by molar-refractivity contribution is -0.122. The van der Waals surface area contributed by atoms with Gasteiger partial charge < -0.3 is 16.6 Å². The minimum absolute atomic E-state index is 0.250. The van der Waals surface area contributed by atoms with Gasteiger partial charge in [-0.15, -0.1) is 11.3 Å². The molecule has 2 rings (SSSR count). The second kappa shape index (κ2) is 11.3. The Balaban J connectivity index is 0.000000918. The molecule has 1 aromatic heterocycles. The van der Waals surface area contributed by atoms with Gasteiger partial charge in [0.2, 0.25) is 6.41 Å². The third-order valence-corrected chi connectivity index (χ3v) is 5.62. The van der Waals surface area contributed by atoms with Gasteiger partial charge in [0, 0.05) is 21.0 Å². The summed E-state index contributed by atoms with van der Waals surface area (Å²) in [6.45, 7) is 12.5. The number of allylic oxidation sites excluding steroid dienone is 4. The maximum Gasteiger partial charge on any atom is 0.290 e. The van der Waals surface area contributed by atoms with Crippen LogP contribution in [-0.2, 0) is 22.4 Å². The van der Waals surface area contributed by atoms with Crippen LogP contribution in [0.4, 0.5) is 0 Å². The van der Waals surface area contributed by atoms with Crippen molar-refractivity contribution >= 4 is 29.8 Å². The summed E-state index contributed by atoms with van der Waals surface area (Å²) in [6.07, 6.45) is 9.74. The highest BCUT2D eigenvalue weighted by atomic mass is 32.1. The quantitative estimate of drug-likeness (QED) is 0.549. The average Bonchev–Trinajstić information content (AvgIpc) is 2.89. The van der Waals surface area contributed by atoms with E-state index >= 15 is 0 Å². The van der Waals surface area contributed by atoms with E-state index in [1.54, 1.807) is 10.4 Å². The van der Waals surface area contributed by atoms with Gasteiger partial charge in [0.1, 0.15) is 0 Å². The maximum absolute atomic E-state index is 8.58. The molecule has 0 bridgehead atoms. The molecule has 0 fully saturated rings. The smallest absolute Gasteiger partial charge is 0.290 e. The molecule has 0 aliphatic heterocycles. The highest BCUT2D eigenvalue weighted by Crippen LogP contribution is 2.43. The fourth-order valence-electron chi connectivity index (χ4n) is 2.89. The van der Waals surface area contributed by atoms with Crippen LogP contribution in [0.3, 0.4) is 0 Å². The lowest BCUT2D eigenvalue weighted by Crippen LogP contribution is -2.21. The number of fused-ring (bicyclic) bond motifs is 1. The Morgan fingerprint density at radius 3 is 2.35 bits per heavy atom. The summed E-state index contributed by atoms with van der Waals surface area (Å²) in [6, 6.07) is 0. The first-order chi connectivity index (χ1) is 12.2. The molecule has 26 heavy (non-hydrogen) atoms.